The van der Waals surface area contributed by atoms with Crippen LogP contribution in [0.15, 0.2) is 71.6 Å². The molecule has 0 aliphatic rings. The molecule has 1 aromatic heterocycles. The molecule has 1 heterocycles. The van der Waals surface area contributed by atoms with E-state index in [4.69, 9.17) is 15.2 Å². The van der Waals surface area contributed by atoms with E-state index in [1.165, 1.54) is 0 Å². The predicted octanol–water partition coefficient (Wildman–Crippen LogP) is 3.81. The van der Waals surface area contributed by atoms with Gasteiger partial charge in [0.1, 0.15) is 11.5 Å². The highest BCUT2D eigenvalue weighted by Crippen LogP contribution is 2.31. The summed E-state index contributed by atoms with van der Waals surface area (Å²) in [7, 11) is 1.41. The number of anilines is 4. The molecule has 0 aliphatic carbocycles. The van der Waals surface area contributed by atoms with Gasteiger partial charge in [-0.15, -0.1) is 0 Å². The first-order valence-corrected chi connectivity index (χ1v) is 12.1. The number of carbonyl (C=O) groups excluding carboxylic acids is 1. The number of nitrogens with two attached hydrogens (primary N) is 1. The van der Waals surface area contributed by atoms with E-state index in [1.807, 2.05) is 24.3 Å². The largest absolute Gasteiger partial charge is 0.497 e. The van der Waals surface area contributed by atoms with E-state index >= 15 is 0 Å². The van der Waals surface area contributed by atoms with Crippen LogP contribution < -0.4 is 30.6 Å². The Morgan fingerprint density at radius 3 is 2.14 bits per heavy atom. The molecule has 0 spiro atoms. The van der Waals surface area contributed by atoms with Crippen LogP contribution in [0.4, 0.5) is 23.0 Å². The highest BCUT2D eigenvalue weighted by atomic mass is 32.2. The number of hydrogen-bond acceptors (Lipinski definition) is 8. The first kappa shape index (κ1) is 24.9. The summed E-state index contributed by atoms with van der Waals surface area (Å²) >= 11 is 0. The number of aromatic nitrogens is 2. The van der Waals surface area contributed by atoms with E-state index < -0.39 is 17.0 Å². The maximum atomic E-state index is 13.3. The molecule has 4 rings (SSSR count). The van der Waals surface area contributed by atoms with Crippen LogP contribution in [0.5, 0.6) is 11.5 Å². The van der Waals surface area contributed by atoms with Crippen molar-refractivity contribution in [1.29, 1.82) is 0 Å². The Balaban J connectivity index is 1.67. The third kappa shape index (κ3) is 5.88. The normalized spacial score (nSPS) is 12.4. The maximum absolute atomic E-state index is 13.3. The van der Waals surface area contributed by atoms with Gasteiger partial charge < -0.3 is 25.8 Å². The second kappa shape index (κ2) is 11.0. The van der Waals surface area contributed by atoms with Crippen LogP contribution >= 0.6 is 0 Å². The van der Waals surface area contributed by atoms with E-state index in [-0.39, 0.29) is 11.7 Å². The van der Waals surface area contributed by atoms with Gasteiger partial charge in [0.15, 0.2) is 22.6 Å². The Bertz CT molecular complexity index is 1410. The number of rotatable bonds is 9. The summed E-state index contributed by atoms with van der Waals surface area (Å²) in [6.07, 6.45) is 0. The zero-order chi connectivity index (χ0) is 25.7. The lowest BCUT2D eigenvalue weighted by Crippen LogP contribution is -2.32. The van der Waals surface area contributed by atoms with Crippen LogP contribution in [0.2, 0.25) is 0 Å². The first-order chi connectivity index (χ1) is 17.4. The molecule has 186 valence electrons. The molecule has 4 aromatic rings. The minimum Gasteiger partial charge on any atom is -0.497 e. The topological polar surface area (TPSA) is 140 Å². The number of benzene rings is 3. The number of methoxy groups -OCH3 is 2. The van der Waals surface area contributed by atoms with E-state index in [2.05, 4.69) is 25.3 Å². The Kier molecular flexibility index (Phi) is 7.62. The molecular formula is C25H26N6O4S. The maximum Gasteiger partial charge on any atom is 0.240 e. The molecule has 3 aromatic carbocycles. The van der Waals surface area contributed by atoms with E-state index in [1.54, 1.807) is 63.6 Å². The molecule has 0 saturated heterocycles. The highest BCUT2D eigenvalue weighted by molar-refractivity contribution is 7.86. The van der Waals surface area contributed by atoms with Crippen molar-refractivity contribution in [3.05, 3.63) is 66.7 Å². The molecule has 0 fully saturated rings. The number of amides is 1. The number of para-hydroxylation sites is 2. The molecule has 10 nitrogen and oxygen atoms in total. The number of carbonyl (C=O) groups is 1. The molecule has 0 bridgehead atoms. The predicted molar refractivity (Wildman–Crippen MR) is 141 cm³/mol. The monoisotopic (exact) mass is 506 g/mol. The van der Waals surface area contributed by atoms with Gasteiger partial charge in [0.05, 0.1) is 36.2 Å². The third-order valence-electron chi connectivity index (χ3n) is 5.10. The molecular weight excluding hydrogens is 480 g/mol. The molecule has 0 saturated carbocycles. The van der Waals surface area contributed by atoms with E-state index in [0.29, 0.717) is 44.6 Å². The quantitative estimate of drug-likeness (QED) is 0.269. The van der Waals surface area contributed by atoms with Gasteiger partial charge >= 0.3 is 0 Å². The fraction of sp³-hybridized carbons (Fsp3) is 0.160. The standard InChI is InChI=1S/C25H26N6O4S/c1-15(26)25(32)28-16-7-6-8-20(13-16)36(33)31-24-23(29-21-9-4-5-10-22(21)30-24)27-17-11-18(34-2)14-19(12-17)35-3/h4-15H,26H2,1-3H3,(H,27,29)(H,28,32)(H,30,31). The first-order valence-electron chi connectivity index (χ1n) is 11.0. The smallest absolute Gasteiger partial charge is 0.240 e. The third-order valence-corrected chi connectivity index (χ3v) is 6.16. The summed E-state index contributed by atoms with van der Waals surface area (Å²) in [6.45, 7) is 1.59. The summed E-state index contributed by atoms with van der Waals surface area (Å²) in [5, 5.41) is 5.92. The number of ether oxygens (including phenoxy) is 2. The number of fused-ring (bicyclic) bond motifs is 1. The summed E-state index contributed by atoms with van der Waals surface area (Å²) in [5.74, 6) is 1.48. The Labute approximate surface area is 210 Å². The second-order valence-electron chi connectivity index (χ2n) is 7.81. The van der Waals surface area contributed by atoms with Crippen molar-refractivity contribution < 1.29 is 18.5 Å². The fourth-order valence-corrected chi connectivity index (χ4v) is 4.14. The Morgan fingerprint density at radius 2 is 1.53 bits per heavy atom. The van der Waals surface area contributed by atoms with Gasteiger partial charge in [0, 0.05) is 29.6 Å². The van der Waals surface area contributed by atoms with Crippen molar-refractivity contribution >= 4 is 50.9 Å². The van der Waals surface area contributed by atoms with Gasteiger partial charge in [0.2, 0.25) is 5.91 Å². The molecule has 5 N–H and O–H groups in total. The van der Waals surface area contributed by atoms with Crippen molar-refractivity contribution in [2.45, 2.75) is 17.9 Å². The zero-order valence-corrected chi connectivity index (χ0v) is 20.8. The fourth-order valence-electron chi connectivity index (χ4n) is 3.27. The van der Waals surface area contributed by atoms with Gasteiger partial charge in [-0.05, 0) is 37.3 Å². The van der Waals surface area contributed by atoms with Crippen LogP contribution in [0.1, 0.15) is 6.92 Å². The van der Waals surface area contributed by atoms with Gasteiger partial charge in [0.25, 0.3) is 0 Å². The molecule has 36 heavy (non-hydrogen) atoms. The van der Waals surface area contributed by atoms with E-state index in [9.17, 15) is 9.00 Å². The minimum absolute atomic E-state index is 0.277. The lowest BCUT2D eigenvalue weighted by Gasteiger charge is -2.15. The number of nitrogens with zero attached hydrogens (tertiary/aromatic N) is 2. The van der Waals surface area contributed by atoms with Crippen LogP contribution in [0.3, 0.4) is 0 Å². The van der Waals surface area contributed by atoms with Crippen molar-refractivity contribution in [1.82, 2.24) is 9.97 Å². The Hall–Kier alpha value is -4.22. The van der Waals surface area contributed by atoms with Crippen molar-refractivity contribution in [3.63, 3.8) is 0 Å². The lowest BCUT2D eigenvalue weighted by atomic mass is 10.2. The number of nitrogens with one attached hydrogen (secondary N) is 3. The van der Waals surface area contributed by atoms with Crippen molar-refractivity contribution in [2.24, 2.45) is 5.73 Å². The van der Waals surface area contributed by atoms with Gasteiger partial charge in [-0.25, -0.2) is 14.2 Å². The minimum atomic E-state index is -1.72. The van der Waals surface area contributed by atoms with Gasteiger partial charge in [-0.1, -0.05) is 18.2 Å². The molecule has 2 unspecified atom stereocenters. The second-order valence-corrected chi connectivity index (χ2v) is 9.03. The highest BCUT2D eigenvalue weighted by Gasteiger charge is 2.15. The van der Waals surface area contributed by atoms with Gasteiger partial charge in [-0.2, -0.15) is 0 Å². The van der Waals surface area contributed by atoms with Crippen molar-refractivity contribution in [2.75, 3.05) is 29.6 Å². The molecule has 1 amide bonds. The average molecular weight is 507 g/mol. The van der Waals surface area contributed by atoms with Crippen LogP contribution in [0.25, 0.3) is 11.0 Å². The summed E-state index contributed by atoms with van der Waals surface area (Å²) in [4.78, 5) is 21.7. The SMILES string of the molecule is COc1cc(Nc2nc3ccccc3nc2NS(=O)c2cccc(NC(=O)C(C)N)c2)cc(OC)c1. The average Bonchev–Trinajstić information content (AvgIpc) is 2.88. The summed E-state index contributed by atoms with van der Waals surface area (Å²) < 4.78 is 26.9. The van der Waals surface area contributed by atoms with Crippen LogP contribution in [0, 0.1) is 0 Å². The molecule has 11 heteroatoms. The zero-order valence-electron chi connectivity index (χ0n) is 19.9. The Morgan fingerprint density at radius 1 is 0.889 bits per heavy atom. The number of hydrogen-bond donors (Lipinski definition) is 4. The van der Waals surface area contributed by atoms with Crippen molar-refractivity contribution in [3.8, 4) is 11.5 Å². The molecule has 0 radical (unpaired) electrons. The molecule has 0 aliphatic heterocycles. The summed E-state index contributed by atoms with van der Waals surface area (Å²) in [5.41, 5.74) is 8.04. The molecule has 2 atom stereocenters. The lowest BCUT2D eigenvalue weighted by molar-refractivity contribution is -0.117. The van der Waals surface area contributed by atoms with Gasteiger partial charge in [-0.3, -0.25) is 9.52 Å². The van der Waals surface area contributed by atoms with E-state index in [0.717, 1.165) is 0 Å². The van der Waals surface area contributed by atoms with Crippen LogP contribution in [-0.4, -0.2) is 40.3 Å². The van der Waals surface area contributed by atoms with Crippen LogP contribution in [-0.2, 0) is 15.8 Å². The summed E-state index contributed by atoms with van der Waals surface area (Å²) in [6, 6.07) is 18.7.